The lowest BCUT2D eigenvalue weighted by Gasteiger charge is -2.26. The van der Waals surface area contributed by atoms with Crippen molar-refractivity contribution in [2.24, 2.45) is 5.92 Å². The Balaban J connectivity index is 1.72. The molecule has 2 aromatic heterocycles. The van der Waals surface area contributed by atoms with E-state index in [9.17, 15) is 19.2 Å². The number of carbonyl (C=O) groups excluding carboxylic acids is 2. The Morgan fingerprint density at radius 2 is 1.94 bits per heavy atom. The number of rotatable bonds is 7. The molecular weight excluding hydrogens is 515 g/mol. The topological polar surface area (TPSA) is 123 Å². The molecular formula is C23H24Cl2N4O5S. The van der Waals surface area contributed by atoms with Crippen molar-refractivity contribution in [1.82, 2.24) is 14.5 Å². The molecule has 0 spiro atoms. The Labute approximate surface area is 214 Å². The van der Waals surface area contributed by atoms with Crippen LogP contribution < -0.4 is 16.6 Å². The van der Waals surface area contributed by atoms with E-state index in [2.05, 4.69) is 15.3 Å². The van der Waals surface area contributed by atoms with Crippen molar-refractivity contribution in [3.63, 3.8) is 0 Å². The highest BCUT2D eigenvalue weighted by atomic mass is 35.5. The van der Waals surface area contributed by atoms with Crippen LogP contribution >= 0.6 is 34.5 Å². The minimum absolute atomic E-state index is 0.152. The van der Waals surface area contributed by atoms with Gasteiger partial charge in [-0.1, -0.05) is 66.6 Å². The maximum absolute atomic E-state index is 13.4. The summed E-state index contributed by atoms with van der Waals surface area (Å²) in [4.78, 5) is 58.8. The van der Waals surface area contributed by atoms with E-state index in [1.807, 2.05) is 0 Å². The average molecular weight is 539 g/mol. The van der Waals surface area contributed by atoms with Gasteiger partial charge in [-0.25, -0.2) is 19.1 Å². The van der Waals surface area contributed by atoms with E-state index >= 15 is 0 Å². The van der Waals surface area contributed by atoms with E-state index in [-0.39, 0.29) is 43.5 Å². The number of nitrogens with zero attached hydrogens (tertiary/aromatic N) is 2. The Bertz CT molecular complexity index is 1380. The quantitative estimate of drug-likeness (QED) is 0.417. The van der Waals surface area contributed by atoms with Crippen LogP contribution in [-0.4, -0.2) is 33.0 Å². The lowest BCUT2D eigenvalue weighted by atomic mass is 9.84. The van der Waals surface area contributed by atoms with Crippen LogP contribution in [0.3, 0.4) is 0 Å². The first-order valence-corrected chi connectivity index (χ1v) is 12.9. The van der Waals surface area contributed by atoms with Crippen molar-refractivity contribution in [1.29, 1.82) is 0 Å². The fraction of sp³-hybridized carbons (Fsp3) is 0.435. The molecule has 2 heterocycles. The second kappa shape index (κ2) is 10.9. The number of anilines is 1. The van der Waals surface area contributed by atoms with Gasteiger partial charge in [0.2, 0.25) is 5.91 Å². The number of hydrogen-bond donors (Lipinski definition) is 2. The molecule has 0 aliphatic heterocycles. The van der Waals surface area contributed by atoms with Crippen molar-refractivity contribution in [2.75, 3.05) is 11.9 Å². The zero-order valence-electron chi connectivity index (χ0n) is 18.9. The molecule has 4 rings (SSSR count). The van der Waals surface area contributed by atoms with Crippen molar-refractivity contribution in [3.05, 3.63) is 54.1 Å². The standard InChI is InChI=1S/C23H24Cl2N4O5S/c1-2-34-21(32)18-11-26-22(35-18)28-19(30)17(8-12-6-4-3-5-7-12)29-20(31)13-9-14(24)15(25)10-16(13)27-23(29)33/h9-12,17H,2-8H2,1H3,(H,27,33)(H,26,28,30)/t17-/m0/s1. The van der Waals surface area contributed by atoms with Gasteiger partial charge in [0.25, 0.3) is 5.56 Å². The number of halogens is 2. The number of hydrogen-bond acceptors (Lipinski definition) is 7. The summed E-state index contributed by atoms with van der Waals surface area (Å²) in [6, 6.07) is 1.72. The molecule has 0 radical (unpaired) electrons. The lowest BCUT2D eigenvalue weighted by Crippen LogP contribution is -2.43. The number of ether oxygens (including phenoxy) is 1. The highest BCUT2D eigenvalue weighted by molar-refractivity contribution is 7.17. The molecule has 1 aliphatic rings. The van der Waals surface area contributed by atoms with Gasteiger partial charge in [-0.2, -0.15) is 0 Å². The Hall–Kier alpha value is -2.69. The van der Waals surface area contributed by atoms with Crippen LogP contribution in [0.25, 0.3) is 10.9 Å². The van der Waals surface area contributed by atoms with Gasteiger partial charge >= 0.3 is 11.7 Å². The number of H-pyrrole nitrogens is 1. The highest BCUT2D eigenvalue weighted by Crippen LogP contribution is 2.32. The van der Waals surface area contributed by atoms with Gasteiger partial charge in [-0.3, -0.25) is 9.59 Å². The van der Waals surface area contributed by atoms with Crippen molar-refractivity contribution in [2.45, 2.75) is 51.5 Å². The largest absolute Gasteiger partial charge is 0.462 e. The number of aromatic amines is 1. The minimum Gasteiger partial charge on any atom is -0.462 e. The SMILES string of the molecule is CCOC(=O)c1cnc(NC(=O)[C@H](CC2CCCCC2)n2c(=O)[nH]c3cc(Cl)c(Cl)cc3c2=O)s1. The Morgan fingerprint density at radius 1 is 1.23 bits per heavy atom. The van der Waals surface area contributed by atoms with Crippen LogP contribution in [0.2, 0.25) is 10.0 Å². The van der Waals surface area contributed by atoms with Gasteiger partial charge in [-0.05, 0) is 31.4 Å². The smallest absolute Gasteiger partial charge is 0.350 e. The van der Waals surface area contributed by atoms with Crippen LogP contribution in [0, 0.1) is 5.92 Å². The molecule has 0 bridgehead atoms. The van der Waals surface area contributed by atoms with Crippen molar-refractivity contribution < 1.29 is 14.3 Å². The summed E-state index contributed by atoms with van der Waals surface area (Å²) in [6.45, 7) is 1.90. The summed E-state index contributed by atoms with van der Waals surface area (Å²) >= 11 is 13.1. The third kappa shape index (κ3) is 5.60. The summed E-state index contributed by atoms with van der Waals surface area (Å²) in [5.74, 6) is -0.920. The van der Waals surface area contributed by atoms with E-state index in [4.69, 9.17) is 27.9 Å². The summed E-state index contributed by atoms with van der Waals surface area (Å²) < 4.78 is 5.90. The molecule has 1 aromatic carbocycles. The number of thiazole rings is 1. The molecule has 9 nitrogen and oxygen atoms in total. The molecule has 1 atom stereocenters. The minimum atomic E-state index is -1.08. The second-order valence-electron chi connectivity index (χ2n) is 8.41. The van der Waals surface area contributed by atoms with Crippen molar-refractivity contribution >= 4 is 62.4 Å². The summed E-state index contributed by atoms with van der Waals surface area (Å²) in [5, 5.41) is 3.36. The average Bonchev–Trinajstić information content (AvgIpc) is 3.29. The number of nitrogens with one attached hydrogen (secondary N) is 2. The predicted octanol–water partition coefficient (Wildman–Crippen LogP) is 4.78. The first-order chi connectivity index (χ1) is 16.8. The number of carbonyl (C=O) groups is 2. The van der Waals surface area contributed by atoms with Crippen LogP contribution in [0.15, 0.2) is 27.9 Å². The molecule has 35 heavy (non-hydrogen) atoms. The van der Waals surface area contributed by atoms with Gasteiger partial charge in [0, 0.05) is 0 Å². The van der Waals surface area contributed by atoms with Gasteiger partial charge in [-0.15, -0.1) is 0 Å². The second-order valence-corrected chi connectivity index (χ2v) is 10.3. The predicted molar refractivity (Wildman–Crippen MR) is 136 cm³/mol. The first-order valence-electron chi connectivity index (χ1n) is 11.4. The highest BCUT2D eigenvalue weighted by Gasteiger charge is 2.30. The van der Waals surface area contributed by atoms with E-state index in [0.29, 0.717) is 6.42 Å². The number of benzene rings is 1. The number of amides is 1. The Kier molecular flexibility index (Phi) is 7.93. The normalized spacial score (nSPS) is 15.2. The first kappa shape index (κ1) is 25.4. The van der Waals surface area contributed by atoms with Gasteiger partial charge in [0.15, 0.2) is 5.13 Å². The molecule has 1 saturated carbocycles. The number of esters is 1. The molecule has 0 saturated heterocycles. The summed E-state index contributed by atoms with van der Waals surface area (Å²) in [6.07, 6.45) is 6.65. The molecule has 1 aliphatic carbocycles. The van der Waals surface area contributed by atoms with Crippen molar-refractivity contribution in [3.8, 4) is 0 Å². The zero-order chi connectivity index (χ0) is 25.1. The molecule has 186 valence electrons. The molecule has 1 amide bonds. The Morgan fingerprint density at radius 3 is 2.66 bits per heavy atom. The molecule has 12 heteroatoms. The third-order valence-electron chi connectivity index (χ3n) is 6.08. The van der Waals surface area contributed by atoms with Gasteiger partial charge in [0.05, 0.1) is 33.8 Å². The summed E-state index contributed by atoms with van der Waals surface area (Å²) in [5.41, 5.74) is -1.12. The lowest BCUT2D eigenvalue weighted by molar-refractivity contribution is -0.120. The van der Waals surface area contributed by atoms with Crippen LogP contribution in [0.4, 0.5) is 5.13 Å². The maximum Gasteiger partial charge on any atom is 0.350 e. The van der Waals surface area contributed by atoms with Crippen LogP contribution in [-0.2, 0) is 9.53 Å². The summed E-state index contributed by atoms with van der Waals surface area (Å²) in [7, 11) is 0. The molecule has 2 N–H and O–H groups in total. The van der Waals surface area contributed by atoms with E-state index < -0.39 is 29.2 Å². The molecule has 3 aromatic rings. The zero-order valence-corrected chi connectivity index (χ0v) is 21.3. The number of fused-ring (bicyclic) bond motifs is 1. The molecule has 1 fully saturated rings. The fourth-order valence-corrected chi connectivity index (χ4v) is 5.43. The van der Waals surface area contributed by atoms with E-state index in [1.54, 1.807) is 6.92 Å². The van der Waals surface area contributed by atoms with E-state index in [1.165, 1.54) is 18.3 Å². The monoisotopic (exact) mass is 538 g/mol. The number of aromatic nitrogens is 3. The van der Waals surface area contributed by atoms with E-state index in [0.717, 1.165) is 48.0 Å². The van der Waals surface area contributed by atoms with Crippen LogP contribution in [0.1, 0.15) is 61.2 Å². The van der Waals surface area contributed by atoms with Gasteiger partial charge < -0.3 is 15.0 Å². The fourth-order valence-electron chi connectivity index (χ4n) is 4.39. The maximum atomic E-state index is 13.4. The third-order valence-corrected chi connectivity index (χ3v) is 7.69. The van der Waals surface area contributed by atoms with Gasteiger partial charge in [0.1, 0.15) is 10.9 Å². The molecule has 0 unspecified atom stereocenters. The van der Waals surface area contributed by atoms with Crippen LogP contribution in [0.5, 0.6) is 0 Å².